The molecule has 23 heavy (non-hydrogen) atoms. The Morgan fingerprint density at radius 2 is 1.57 bits per heavy atom. The van der Waals surface area contributed by atoms with Crippen LogP contribution in [0.2, 0.25) is 0 Å². The van der Waals surface area contributed by atoms with E-state index in [1.54, 1.807) is 0 Å². The summed E-state index contributed by atoms with van der Waals surface area (Å²) in [6.45, 7) is 1.39. The lowest BCUT2D eigenvalue weighted by molar-refractivity contribution is -0.0134. The molecular weight excluding hydrogens is 286 g/mol. The van der Waals surface area contributed by atoms with Crippen molar-refractivity contribution in [2.45, 2.75) is 44.1 Å². The van der Waals surface area contributed by atoms with Gasteiger partial charge in [-0.15, -0.1) is 0 Å². The summed E-state index contributed by atoms with van der Waals surface area (Å²) < 4.78 is 0. The summed E-state index contributed by atoms with van der Waals surface area (Å²) in [6.07, 6.45) is 7.83. The zero-order valence-electron chi connectivity index (χ0n) is 13.7. The molecule has 2 amide bonds. The molecule has 4 heteroatoms. The summed E-state index contributed by atoms with van der Waals surface area (Å²) in [7, 11) is 0. The first-order valence-corrected chi connectivity index (χ1v) is 9.06. The molecule has 124 valence electrons. The molecule has 0 radical (unpaired) electrons. The number of hydrogen-bond acceptors (Lipinski definition) is 2. The summed E-state index contributed by atoms with van der Waals surface area (Å²) >= 11 is 0. The van der Waals surface area contributed by atoms with Crippen LogP contribution in [0.1, 0.15) is 38.5 Å². The molecule has 3 N–H and O–H groups in total. The number of para-hydroxylation sites is 1. The van der Waals surface area contributed by atoms with E-state index in [1.807, 2.05) is 30.3 Å². The minimum absolute atomic E-state index is 0.0156. The number of hydrogen-bond donors (Lipinski definition) is 3. The van der Waals surface area contributed by atoms with Crippen molar-refractivity contribution in [1.29, 1.82) is 0 Å². The van der Waals surface area contributed by atoms with Crippen molar-refractivity contribution in [3.63, 3.8) is 0 Å². The quantitative estimate of drug-likeness (QED) is 0.730. The van der Waals surface area contributed by atoms with Gasteiger partial charge in [0.2, 0.25) is 0 Å². The number of carbonyl (C=O) groups is 1. The van der Waals surface area contributed by atoms with Crippen LogP contribution in [0.4, 0.5) is 10.5 Å². The minimum atomic E-state index is 0.0156. The molecule has 0 aliphatic heterocycles. The van der Waals surface area contributed by atoms with Gasteiger partial charge in [0.25, 0.3) is 0 Å². The van der Waals surface area contributed by atoms with E-state index in [4.69, 9.17) is 0 Å². The normalized spacial score (nSPS) is 34.2. The van der Waals surface area contributed by atoms with Crippen LogP contribution in [0.5, 0.6) is 0 Å². The summed E-state index contributed by atoms with van der Waals surface area (Å²) in [5, 5.41) is 9.68. The highest BCUT2D eigenvalue weighted by molar-refractivity contribution is 5.75. The highest BCUT2D eigenvalue weighted by atomic mass is 16.2. The van der Waals surface area contributed by atoms with E-state index in [0.29, 0.717) is 6.54 Å². The van der Waals surface area contributed by atoms with Crippen molar-refractivity contribution in [1.82, 2.24) is 10.6 Å². The van der Waals surface area contributed by atoms with E-state index in [9.17, 15) is 4.79 Å². The Morgan fingerprint density at radius 3 is 2.17 bits per heavy atom. The first-order valence-electron chi connectivity index (χ1n) is 9.06. The second-order valence-electron chi connectivity index (χ2n) is 7.87. The summed E-state index contributed by atoms with van der Waals surface area (Å²) in [5.41, 5.74) is 1.20. The van der Waals surface area contributed by atoms with Gasteiger partial charge in [0.05, 0.1) is 0 Å². The maximum Gasteiger partial charge on any atom is 0.315 e. The standard InChI is InChI=1S/C19H27N3O/c23-18(21-7-6-20-17-4-2-1-3-5-17)22-19-11-14-8-15(12-19)10-16(9-14)13-19/h1-5,14-16,20H,6-13H2,(H2,21,22,23). The van der Waals surface area contributed by atoms with E-state index in [0.717, 1.165) is 30.0 Å². The monoisotopic (exact) mass is 313 g/mol. The van der Waals surface area contributed by atoms with Gasteiger partial charge < -0.3 is 16.0 Å². The number of benzene rings is 1. The van der Waals surface area contributed by atoms with Crippen LogP contribution < -0.4 is 16.0 Å². The van der Waals surface area contributed by atoms with E-state index in [-0.39, 0.29) is 11.6 Å². The van der Waals surface area contributed by atoms with E-state index in [2.05, 4.69) is 16.0 Å². The van der Waals surface area contributed by atoms with Crippen LogP contribution in [0, 0.1) is 17.8 Å². The van der Waals surface area contributed by atoms with Crippen LogP contribution in [-0.2, 0) is 0 Å². The summed E-state index contributed by atoms with van der Waals surface area (Å²) in [5.74, 6) is 2.59. The van der Waals surface area contributed by atoms with Crippen LogP contribution >= 0.6 is 0 Å². The van der Waals surface area contributed by atoms with Gasteiger partial charge in [-0.05, 0) is 68.4 Å². The lowest BCUT2D eigenvalue weighted by Gasteiger charge is -2.56. The number of urea groups is 1. The number of amides is 2. The van der Waals surface area contributed by atoms with Gasteiger partial charge in [-0.2, -0.15) is 0 Å². The van der Waals surface area contributed by atoms with Gasteiger partial charge in [0.1, 0.15) is 0 Å². The Balaban J connectivity index is 1.23. The van der Waals surface area contributed by atoms with Crippen LogP contribution in [0.15, 0.2) is 30.3 Å². The molecule has 4 saturated carbocycles. The molecule has 5 rings (SSSR count). The zero-order chi connectivity index (χ0) is 15.7. The van der Waals surface area contributed by atoms with E-state index >= 15 is 0 Å². The van der Waals surface area contributed by atoms with Crippen LogP contribution in [0.25, 0.3) is 0 Å². The fourth-order valence-corrected chi connectivity index (χ4v) is 5.49. The van der Waals surface area contributed by atoms with Crippen molar-refractivity contribution >= 4 is 11.7 Å². The van der Waals surface area contributed by atoms with E-state index < -0.39 is 0 Å². The number of carbonyl (C=O) groups excluding carboxylic acids is 1. The number of nitrogens with one attached hydrogen (secondary N) is 3. The number of anilines is 1. The Hall–Kier alpha value is -1.71. The SMILES string of the molecule is O=C(NCCNc1ccccc1)NC12CC3CC(CC(C3)C1)C2. The van der Waals surface area contributed by atoms with Gasteiger partial charge in [-0.3, -0.25) is 0 Å². The van der Waals surface area contributed by atoms with Gasteiger partial charge >= 0.3 is 6.03 Å². The van der Waals surface area contributed by atoms with Crippen molar-refractivity contribution in [3.8, 4) is 0 Å². The Morgan fingerprint density at radius 1 is 0.957 bits per heavy atom. The average molecular weight is 313 g/mol. The molecule has 0 spiro atoms. The maximum absolute atomic E-state index is 12.3. The van der Waals surface area contributed by atoms with Crippen LogP contribution in [-0.4, -0.2) is 24.7 Å². The number of rotatable bonds is 5. The molecule has 4 aliphatic rings. The second-order valence-corrected chi connectivity index (χ2v) is 7.87. The zero-order valence-corrected chi connectivity index (χ0v) is 13.7. The molecule has 0 saturated heterocycles. The Kier molecular flexibility index (Phi) is 3.92. The first-order chi connectivity index (χ1) is 11.2. The van der Waals surface area contributed by atoms with Crippen molar-refractivity contribution in [2.24, 2.45) is 17.8 Å². The summed E-state index contributed by atoms with van der Waals surface area (Å²) in [6, 6.07) is 10.1. The van der Waals surface area contributed by atoms with Gasteiger partial charge in [-0.25, -0.2) is 4.79 Å². The molecule has 4 nitrogen and oxygen atoms in total. The molecule has 1 aromatic rings. The first kappa shape index (κ1) is 14.9. The molecule has 0 atom stereocenters. The Labute approximate surface area is 138 Å². The molecule has 0 unspecified atom stereocenters. The van der Waals surface area contributed by atoms with Crippen molar-refractivity contribution in [2.75, 3.05) is 18.4 Å². The third kappa shape index (κ3) is 3.31. The molecular formula is C19H27N3O. The molecule has 0 heterocycles. The predicted molar refractivity (Wildman–Crippen MR) is 92.4 cm³/mol. The molecule has 4 bridgehead atoms. The second kappa shape index (κ2) is 6.06. The third-order valence-corrected chi connectivity index (χ3v) is 5.93. The van der Waals surface area contributed by atoms with Gasteiger partial charge in [0, 0.05) is 24.3 Å². The van der Waals surface area contributed by atoms with Crippen molar-refractivity contribution in [3.05, 3.63) is 30.3 Å². The molecule has 0 aromatic heterocycles. The highest BCUT2D eigenvalue weighted by Crippen LogP contribution is 2.55. The third-order valence-electron chi connectivity index (χ3n) is 5.93. The smallest absolute Gasteiger partial charge is 0.315 e. The predicted octanol–water partition coefficient (Wildman–Crippen LogP) is 3.37. The highest BCUT2D eigenvalue weighted by Gasteiger charge is 2.51. The summed E-state index contributed by atoms with van der Waals surface area (Å²) in [4.78, 5) is 12.3. The maximum atomic E-state index is 12.3. The van der Waals surface area contributed by atoms with E-state index in [1.165, 1.54) is 38.5 Å². The van der Waals surface area contributed by atoms with Gasteiger partial charge in [0.15, 0.2) is 0 Å². The molecule has 4 fully saturated rings. The lowest BCUT2D eigenvalue weighted by atomic mass is 9.53. The fraction of sp³-hybridized carbons (Fsp3) is 0.632. The molecule has 4 aliphatic carbocycles. The Bertz CT molecular complexity index is 522. The fourth-order valence-electron chi connectivity index (χ4n) is 5.49. The van der Waals surface area contributed by atoms with Gasteiger partial charge in [-0.1, -0.05) is 18.2 Å². The average Bonchev–Trinajstić information content (AvgIpc) is 2.51. The minimum Gasteiger partial charge on any atom is -0.383 e. The van der Waals surface area contributed by atoms with Crippen molar-refractivity contribution < 1.29 is 4.79 Å². The topological polar surface area (TPSA) is 53.2 Å². The van der Waals surface area contributed by atoms with Crippen LogP contribution in [0.3, 0.4) is 0 Å². The molecule has 1 aromatic carbocycles. The lowest BCUT2D eigenvalue weighted by Crippen LogP contribution is -2.61. The largest absolute Gasteiger partial charge is 0.383 e.